The highest BCUT2D eigenvalue weighted by molar-refractivity contribution is 6.60. The van der Waals surface area contributed by atoms with E-state index in [4.69, 9.17) is 10.5 Å². The molecule has 2 nitrogen and oxygen atoms in total. The molecular formula is C33H53NOSi. The van der Waals surface area contributed by atoms with Gasteiger partial charge in [0.2, 0.25) is 0 Å². The number of hydrogen-bond donors (Lipinski definition) is 1. The first-order valence-electron chi connectivity index (χ1n) is 14.1. The molecule has 0 radical (unpaired) electrons. The third-order valence-corrected chi connectivity index (χ3v) is 9.76. The fourth-order valence-electron chi connectivity index (χ4n) is 4.95. The van der Waals surface area contributed by atoms with E-state index in [9.17, 15) is 0 Å². The Morgan fingerprint density at radius 3 is 2.06 bits per heavy atom. The Hall–Kier alpha value is -1.68. The van der Waals surface area contributed by atoms with Crippen molar-refractivity contribution >= 4 is 14.9 Å². The first-order chi connectivity index (χ1) is 16.8. The summed E-state index contributed by atoms with van der Waals surface area (Å²) in [7, 11) is -0.906. The summed E-state index contributed by atoms with van der Waals surface area (Å²) in [5, 5.41) is 0. The van der Waals surface area contributed by atoms with E-state index < -0.39 is 8.80 Å². The molecule has 0 aromatic heterocycles. The Bertz CT molecular complexity index is 944. The molecule has 2 unspecified atom stereocenters. The second-order valence-corrected chi connectivity index (χ2v) is 16.2. The van der Waals surface area contributed by atoms with Crippen LogP contribution in [0.4, 0.5) is 0 Å². The molecule has 2 aromatic rings. The van der Waals surface area contributed by atoms with E-state index in [0.717, 1.165) is 6.61 Å². The van der Waals surface area contributed by atoms with Crippen LogP contribution in [0.3, 0.4) is 0 Å². The van der Waals surface area contributed by atoms with Gasteiger partial charge in [0.25, 0.3) is 0 Å². The first-order valence-corrected chi connectivity index (χ1v) is 16.7. The lowest BCUT2D eigenvalue weighted by atomic mass is 9.97. The maximum atomic E-state index is 5.87. The van der Waals surface area contributed by atoms with Crippen molar-refractivity contribution < 1.29 is 4.74 Å². The van der Waals surface area contributed by atoms with Crippen molar-refractivity contribution in [2.45, 2.75) is 110 Å². The zero-order chi connectivity index (χ0) is 26.9. The van der Waals surface area contributed by atoms with E-state index in [1.165, 1.54) is 48.4 Å². The summed E-state index contributed by atoms with van der Waals surface area (Å²) in [5.74, 6) is 0.616. The van der Waals surface area contributed by atoms with E-state index >= 15 is 0 Å². The van der Waals surface area contributed by atoms with Crippen LogP contribution in [0.15, 0.2) is 54.1 Å². The second-order valence-electron chi connectivity index (χ2n) is 13.0. The molecule has 0 aliphatic heterocycles. The molecule has 0 bridgehead atoms. The Morgan fingerprint density at radius 1 is 0.861 bits per heavy atom. The minimum absolute atomic E-state index is 0. The molecule has 2 N–H and O–H groups in total. The van der Waals surface area contributed by atoms with Crippen LogP contribution in [0, 0.1) is 5.92 Å². The Morgan fingerprint density at radius 2 is 1.47 bits per heavy atom. The van der Waals surface area contributed by atoms with Gasteiger partial charge in [0.05, 0.1) is 5.60 Å². The molecule has 1 aliphatic rings. The molecule has 200 valence electrons. The van der Waals surface area contributed by atoms with Crippen molar-refractivity contribution in [2.75, 3.05) is 6.61 Å². The lowest BCUT2D eigenvalue weighted by molar-refractivity contribution is -0.00471. The topological polar surface area (TPSA) is 35.2 Å². The third-order valence-electron chi connectivity index (χ3n) is 6.55. The average molecular weight is 508 g/mol. The number of rotatable bonds is 10. The number of allylic oxidation sites excluding steroid dienone is 1. The number of fused-ring (bicyclic) bond motifs is 1. The molecule has 0 spiro atoms. The third kappa shape index (κ3) is 10.4. The van der Waals surface area contributed by atoms with E-state index in [2.05, 4.69) is 95.8 Å². The quantitative estimate of drug-likeness (QED) is 0.257. The van der Waals surface area contributed by atoms with Crippen LogP contribution in [-0.4, -0.2) is 26.5 Å². The predicted molar refractivity (Wildman–Crippen MR) is 163 cm³/mol. The fourth-order valence-corrected chi connectivity index (χ4v) is 8.26. The van der Waals surface area contributed by atoms with Gasteiger partial charge in [-0.15, -0.1) is 0 Å². The van der Waals surface area contributed by atoms with Crippen LogP contribution >= 0.6 is 0 Å². The van der Waals surface area contributed by atoms with Crippen LogP contribution in [0.1, 0.15) is 97.7 Å². The molecule has 2 aromatic carbocycles. The standard InChI is InChI=1S/C29H42OSi.C4H11N/c1-22(2)26-21-27-24(23-15-10-9-11-16-23)17-14-18-25(27)28(26)31(6)20-13-8-7-12-19-30-29(3,4)5;1-4(2,3)5/h9-11,14-18,21-22,28,31H,7-8,12-13,19-20H2,1-6H3;5H2,1-3H3. The van der Waals surface area contributed by atoms with E-state index in [1.54, 1.807) is 11.1 Å². The number of ether oxygens (including phenoxy) is 1. The van der Waals surface area contributed by atoms with Crippen molar-refractivity contribution in [2.24, 2.45) is 11.7 Å². The predicted octanol–water partition coefficient (Wildman–Crippen LogP) is 9.01. The number of hydrogen-bond acceptors (Lipinski definition) is 2. The molecule has 0 heterocycles. The maximum absolute atomic E-state index is 5.87. The monoisotopic (exact) mass is 507 g/mol. The average Bonchev–Trinajstić information content (AvgIpc) is 3.17. The summed E-state index contributed by atoms with van der Waals surface area (Å²) in [5.41, 5.74) is 13.6. The van der Waals surface area contributed by atoms with Gasteiger partial charge in [-0.1, -0.05) is 106 Å². The van der Waals surface area contributed by atoms with E-state index in [-0.39, 0.29) is 11.1 Å². The van der Waals surface area contributed by atoms with Gasteiger partial charge in [-0.05, 0) is 81.7 Å². The van der Waals surface area contributed by atoms with Gasteiger partial charge >= 0.3 is 0 Å². The largest absolute Gasteiger partial charge is 0.376 e. The highest BCUT2D eigenvalue weighted by Crippen LogP contribution is 2.45. The second kappa shape index (κ2) is 13.7. The van der Waals surface area contributed by atoms with Crippen LogP contribution in [0.2, 0.25) is 12.6 Å². The van der Waals surface area contributed by atoms with Gasteiger partial charge in [0.1, 0.15) is 0 Å². The lowest BCUT2D eigenvalue weighted by Gasteiger charge is -2.25. The van der Waals surface area contributed by atoms with Gasteiger partial charge in [0, 0.05) is 20.9 Å². The number of nitrogens with two attached hydrogens (primary N) is 1. The summed E-state index contributed by atoms with van der Waals surface area (Å²) in [6, 6.07) is 19.3. The minimum Gasteiger partial charge on any atom is -0.376 e. The first kappa shape index (κ1) is 30.5. The van der Waals surface area contributed by atoms with Crippen LogP contribution in [-0.2, 0) is 4.74 Å². The molecule has 0 saturated heterocycles. The molecule has 1 aliphatic carbocycles. The fraction of sp³-hybridized carbons (Fsp3) is 0.576. The highest BCUT2D eigenvalue weighted by atomic mass is 28.3. The van der Waals surface area contributed by atoms with Crippen molar-refractivity contribution in [3.63, 3.8) is 0 Å². The highest BCUT2D eigenvalue weighted by Gasteiger charge is 2.32. The van der Waals surface area contributed by atoms with Crippen LogP contribution in [0.5, 0.6) is 0 Å². The summed E-state index contributed by atoms with van der Waals surface area (Å²) in [6.45, 7) is 20.6. The van der Waals surface area contributed by atoms with E-state index in [0.29, 0.717) is 11.5 Å². The molecule has 2 atom stereocenters. The van der Waals surface area contributed by atoms with Gasteiger partial charge < -0.3 is 10.5 Å². The summed E-state index contributed by atoms with van der Waals surface area (Å²) >= 11 is 0. The molecule has 0 amide bonds. The van der Waals surface area contributed by atoms with Crippen molar-refractivity contribution in [1.29, 1.82) is 0 Å². The van der Waals surface area contributed by atoms with Gasteiger partial charge in [-0.25, -0.2) is 0 Å². The number of benzene rings is 2. The molecule has 0 saturated carbocycles. The molecular weight excluding hydrogens is 454 g/mol. The molecule has 0 fully saturated rings. The summed E-state index contributed by atoms with van der Waals surface area (Å²) < 4.78 is 5.87. The van der Waals surface area contributed by atoms with Crippen LogP contribution in [0.25, 0.3) is 17.2 Å². The van der Waals surface area contributed by atoms with Crippen LogP contribution < -0.4 is 5.73 Å². The Kier molecular flexibility index (Phi) is 11.7. The maximum Gasteiger partial charge on any atom is 0.0598 e. The van der Waals surface area contributed by atoms with Gasteiger partial charge in [-0.3, -0.25) is 0 Å². The zero-order valence-corrected chi connectivity index (χ0v) is 25.8. The molecule has 36 heavy (non-hydrogen) atoms. The van der Waals surface area contributed by atoms with E-state index in [1.807, 2.05) is 20.8 Å². The smallest absolute Gasteiger partial charge is 0.0598 e. The van der Waals surface area contributed by atoms with Gasteiger partial charge in [0.15, 0.2) is 0 Å². The van der Waals surface area contributed by atoms with Crippen molar-refractivity contribution in [3.05, 3.63) is 65.2 Å². The Balaban J connectivity index is 0.000000830. The SMILES string of the molecule is CC(C)(C)N.CC(C)C1=Cc2c(-c3ccccc3)cccc2C1[SiH](C)CCCCCCOC(C)(C)C. The molecule has 3 heteroatoms. The van der Waals surface area contributed by atoms with Crippen molar-refractivity contribution in [1.82, 2.24) is 0 Å². The lowest BCUT2D eigenvalue weighted by Crippen LogP contribution is -2.26. The molecule has 3 rings (SSSR count). The normalized spacial score (nSPS) is 16.3. The van der Waals surface area contributed by atoms with Crippen molar-refractivity contribution in [3.8, 4) is 11.1 Å². The Labute approximate surface area is 224 Å². The minimum atomic E-state index is -0.906. The summed E-state index contributed by atoms with van der Waals surface area (Å²) in [6.07, 6.45) is 7.74. The zero-order valence-electron chi connectivity index (χ0n) is 24.7. The summed E-state index contributed by atoms with van der Waals surface area (Å²) in [4.78, 5) is 0. The number of unbranched alkanes of at least 4 members (excludes halogenated alkanes) is 3. The van der Waals surface area contributed by atoms with Gasteiger partial charge in [-0.2, -0.15) is 0 Å².